The van der Waals surface area contributed by atoms with Gasteiger partial charge in [-0.3, -0.25) is 0 Å². The first-order valence-corrected chi connectivity index (χ1v) is 13.9. The summed E-state index contributed by atoms with van der Waals surface area (Å²) in [5.41, 5.74) is 8.33. The monoisotopic (exact) mass is 559 g/mol. The van der Waals surface area contributed by atoms with Gasteiger partial charge in [0, 0.05) is 25.2 Å². The molecule has 5 rings (SSSR count). The van der Waals surface area contributed by atoms with Crippen LogP contribution in [0.15, 0.2) is 30.7 Å². The van der Waals surface area contributed by atoms with E-state index in [4.69, 9.17) is 28.9 Å². The van der Waals surface area contributed by atoms with Gasteiger partial charge in [-0.15, -0.1) is 0 Å². The van der Waals surface area contributed by atoms with Crippen LogP contribution in [0, 0.1) is 11.8 Å². The van der Waals surface area contributed by atoms with Gasteiger partial charge in [0.1, 0.15) is 23.6 Å². The molecule has 11 heteroatoms. The van der Waals surface area contributed by atoms with E-state index >= 15 is 0 Å². The third-order valence-electron chi connectivity index (χ3n) is 8.09. The summed E-state index contributed by atoms with van der Waals surface area (Å²) in [4.78, 5) is 18.6. The number of aliphatic hydroxyl groups excluding tert-OH is 2. The molecule has 1 fully saturated rings. The van der Waals surface area contributed by atoms with Crippen molar-refractivity contribution in [3.8, 4) is 0 Å². The van der Waals surface area contributed by atoms with Gasteiger partial charge in [-0.25, -0.2) is 15.0 Å². The molecule has 0 amide bonds. The Kier molecular flexibility index (Phi) is 8.11. The number of rotatable bonds is 11. The van der Waals surface area contributed by atoms with Crippen LogP contribution >= 0.6 is 23.2 Å². The molecule has 9 nitrogen and oxygen atoms in total. The normalized spacial score (nSPS) is 20.2. The van der Waals surface area contributed by atoms with Gasteiger partial charge in [-0.2, -0.15) is 0 Å². The molecule has 3 atom stereocenters. The Morgan fingerprint density at radius 2 is 1.97 bits per heavy atom. The highest BCUT2D eigenvalue weighted by Crippen LogP contribution is 2.35. The minimum absolute atomic E-state index is 0.0373. The molecule has 204 valence electrons. The van der Waals surface area contributed by atoms with E-state index in [1.807, 2.05) is 22.9 Å². The van der Waals surface area contributed by atoms with Gasteiger partial charge in [0.2, 0.25) is 0 Å². The summed E-state index contributed by atoms with van der Waals surface area (Å²) < 4.78 is 1.82. The van der Waals surface area contributed by atoms with Crippen LogP contribution < -0.4 is 5.73 Å². The number of aromatic nitrogens is 5. The van der Waals surface area contributed by atoms with Crippen LogP contribution in [0.3, 0.4) is 0 Å². The minimum Gasteiger partial charge on any atom is -0.390 e. The number of hydrogen-bond acceptors (Lipinski definition) is 7. The third kappa shape index (κ3) is 5.62. The fraction of sp³-hybridized carbons (Fsp3) is 0.519. The molecule has 1 saturated carbocycles. The van der Waals surface area contributed by atoms with Crippen molar-refractivity contribution >= 4 is 51.1 Å². The van der Waals surface area contributed by atoms with Gasteiger partial charge >= 0.3 is 0 Å². The molecule has 38 heavy (non-hydrogen) atoms. The minimum atomic E-state index is -0.914. The summed E-state index contributed by atoms with van der Waals surface area (Å²) in [5, 5.41) is 23.7. The van der Waals surface area contributed by atoms with E-state index in [0.29, 0.717) is 33.5 Å². The lowest BCUT2D eigenvalue weighted by atomic mass is 9.76. The maximum atomic E-state index is 11.0. The quantitative estimate of drug-likeness (QED) is 0.215. The highest BCUT2D eigenvalue weighted by molar-refractivity contribution is 6.42. The number of halogens is 2. The molecule has 1 aliphatic carbocycles. The highest BCUT2D eigenvalue weighted by Gasteiger charge is 2.34. The van der Waals surface area contributed by atoms with E-state index in [9.17, 15) is 10.2 Å². The van der Waals surface area contributed by atoms with E-state index in [2.05, 4.69) is 38.8 Å². The maximum absolute atomic E-state index is 11.0. The fourth-order valence-corrected chi connectivity index (χ4v) is 5.93. The van der Waals surface area contributed by atoms with Crippen LogP contribution in [0.2, 0.25) is 10.0 Å². The molecule has 5 N–H and O–H groups in total. The molecule has 0 saturated heterocycles. The van der Waals surface area contributed by atoms with Gasteiger partial charge in [0.25, 0.3) is 0 Å². The summed E-state index contributed by atoms with van der Waals surface area (Å²) in [6.45, 7) is 3.04. The summed E-state index contributed by atoms with van der Waals surface area (Å²) in [7, 11) is 2.12. The van der Waals surface area contributed by atoms with E-state index in [1.165, 1.54) is 6.33 Å². The van der Waals surface area contributed by atoms with E-state index < -0.39 is 12.2 Å². The SMILES string of the molecule is CC[C@H](CN(C)C1CC(CCc2nc3cc(Cl)c(Cl)cc3[nH]2)C1)[C@@H](O)[C@@H](O)Cn1ccc2c(N)ncnc21. The number of anilines is 1. The Morgan fingerprint density at radius 3 is 2.74 bits per heavy atom. The van der Waals surface area contributed by atoms with Crippen LogP contribution in [0.1, 0.15) is 38.4 Å². The van der Waals surface area contributed by atoms with Crippen molar-refractivity contribution in [3.63, 3.8) is 0 Å². The number of hydrogen-bond donors (Lipinski definition) is 4. The second kappa shape index (κ2) is 11.4. The number of imidazole rings is 1. The number of fused-ring (bicyclic) bond motifs is 2. The average Bonchev–Trinajstić information content (AvgIpc) is 3.45. The summed E-state index contributed by atoms with van der Waals surface area (Å²) in [6, 6.07) is 5.94. The first-order valence-electron chi connectivity index (χ1n) is 13.2. The molecule has 0 radical (unpaired) electrons. The van der Waals surface area contributed by atoms with Crippen molar-refractivity contribution in [1.29, 1.82) is 0 Å². The van der Waals surface area contributed by atoms with Gasteiger partial charge < -0.3 is 30.4 Å². The molecular formula is C27H35Cl2N7O2. The summed E-state index contributed by atoms with van der Waals surface area (Å²) in [5.74, 6) is 1.98. The summed E-state index contributed by atoms with van der Waals surface area (Å²) in [6.07, 6.45) is 6.47. The van der Waals surface area contributed by atoms with Gasteiger partial charge in [-0.1, -0.05) is 30.1 Å². The predicted octanol–water partition coefficient (Wildman–Crippen LogP) is 4.29. The molecule has 1 aromatic carbocycles. The molecule has 0 aliphatic heterocycles. The Bertz CT molecular complexity index is 1360. The zero-order chi connectivity index (χ0) is 27.0. The average molecular weight is 561 g/mol. The van der Waals surface area contributed by atoms with E-state index in [0.717, 1.165) is 60.9 Å². The lowest BCUT2D eigenvalue weighted by Gasteiger charge is -2.43. The Morgan fingerprint density at radius 1 is 1.21 bits per heavy atom. The second-order valence-electron chi connectivity index (χ2n) is 10.6. The number of benzene rings is 1. The van der Waals surface area contributed by atoms with Crippen molar-refractivity contribution < 1.29 is 10.2 Å². The largest absolute Gasteiger partial charge is 0.390 e. The number of nitrogen functional groups attached to an aromatic ring is 1. The number of nitrogens with one attached hydrogen (secondary N) is 1. The lowest BCUT2D eigenvalue weighted by molar-refractivity contribution is -0.0405. The van der Waals surface area contributed by atoms with Crippen molar-refractivity contribution in [3.05, 3.63) is 46.6 Å². The fourth-order valence-electron chi connectivity index (χ4n) is 5.60. The number of nitrogens with two attached hydrogens (primary N) is 1. The molecule has 3 heterocycles. The van der Waals surface area contributed by atoms with Crippen LogP contribution in [-0.2, 0) is 13.0 Å². The van der Waals surface area contributed by atoms with Crippen molar-refractivity contribution in [2.24, 2.45) is 11.8 Å². The van der Waals surface area contributed by atoms with Crippen molar-refractivity contribution in [1.82, 2.24) is 29.4 Å². The highest BCUT2D eigenvalue weighted by atomic mass is 35.5. The van der Waals surface area contributed by atoms with E-state index in [1.54, 1.807) is 6.07 Å². The first-order chi connectivity index (χ1) is 18.2. The van der Waals surface area contributed by atoms with Crippen LogP contribution in [0.25, 0.3) is 22.1 Å². The Balaban J connectivity index is 1.09. The number of aromatic amines is 1. The predicted molar refractivity (Wildman–Crippen MR) is 151 cm³/mol. The zero-order valence-electron chi connectivity index (χ0n) is 21.7. The molecule has 4 aromatic rings. The zero-order valence-corrected chi connectivity index (χ0v) is 23.2. The Hall–Kier alpha value is -2.43. The van der Waals surface area contributed by atoms with Crippen LogP contribution in [-0.4, -0.2) is 71.5 Å². The molecule has 0 spiro atoms. The van der Waals surface area contributed by atoms with Gasteiger partial charge in [-0.05, 0) is 62.8 Å². The summed E-state index contributed by atoms with van der Waals surface area (Å²) >= 11 is 12.2. The Labute approximate surface area is 232 Å². The first kappa shape index (κ1) is 27.1. The number of aryl methyl sites for hydroxylation is 1. The number of nitrogens with zero attached hydrogens (tertiary/aromatic N) is 5. The van der Waals surface area contributed by atoms with Gasteiger partial charge in [0.15, 0.2) is 0 Å². The number of aliphatic hydroxyl groups is 2. The molecule has 1 aliphatic rings. The molecule has 3 aromatic heterocycles. The smallest absolute Gasteiger partial charge is 0.145 e. The topological polar surface area (TPSA) is 129 Å². The number of H-pyrrole nitrogens is 1. The molecular weight excluding hydrogens is 525 g/mol. The maximum Gasteiger partial charge on any atom is 0.145 e. The molecule has 0 unspecified atom stereocenters. The van der Waals surface area contributed by atoms with Crippen molar-refractivity contribution in [2.45, 2.75) is 63.8 Å². The van der Waals surface area contributed by atoms with Crippen LogP contribution in [0.5, 0.6) is 0 Å². The van der Waals surface area contributed by atoms with Gasteiger partial charge in [0.05, 0.1) is 45.2 Å². The van der Waals surface area contributed by atoms with Crippen LogP contribution in [0.4, 0.5) is 5.82 Å². The standard InChI is InChI=1S/C27H35Cl2N7O2/c1-3-16(25(38)23(37)13-36-7-6-18-26(30)31-14-32-27(18)36)12-35(2)17-8-15(9-17)4-5-24-33-21-10-19(28)20(29)11-22(21)34-24/h6-7,10-11,14-17,23,25,37-38H,3-5,8-9,12-13H2,1-2H3,(H,33,34)(H2,30,31,32)/t15?,16-,17?,23+,25-/m1/s1. The second-order valence-corrected chi connectivity index (χ2v) is 11.4. The van der Waals surface area contributed by atoms with Crippen molar-refractivity contribution in [2.75, 3.05) is 19.3 Å². The lowest BCUT2D eigenvalue weighted by Crippen LogP contribution is -2.48. The van der Waals surface area contributed by atoms with E-state index in [-0.39, 0.29) is 12.5 Å². The third-order valence-corrected chi connectivity index (χ3v) is 8.81. The molecule has 0 bridgehead atoms.